The first-order chi connectivity index (χ1) is 10.0. The van der Waals surface area contributed by atoms with Crippen molar-refractivity contribution in [1.29, 1.82) is 0 Å². The van der Waals surface area contributed by atoms with Crippen molar-refractivity contribution in [2.45, 2.75) is 38.1 Å². The van der Waals surface area contributed by atoms with Gasteiger partial charge in [-0.15, -0.1) is 0 Å². The molecule has 1 aromatic heterocycles. The summed E-state index contributed by atoms with van der Waals surface area (Å²) in [6.07, 6.45) is 6.31. The zero-order chi connectivity index (χ0) is 15.1. The number of halogens is 1. The van der Waals surface area contributed by atoms with Crippen LogP contribution in [0.15, 0.2) is 21.4 Å². The van der Waals surface area contributed by atoms with E-state index in [1.54, 1.807) is 16.2 Å². The second-order valence-corrected chi connectivity index (χ2v) is 7.04. The Hall–Kier alpha value is -1.07. The fourth-order valence-corrected chi connectivity index (χ4v) is 4.13. The van der Waals surface area contributed by atoms with Crippen LogP contribution < -0.4 is 11.4 Å². The summed E-state index contributed by atoms with van der Waals surface area (Å²) in [6, 6.07) is 4.15. The van der Waals surface area contributed by atoms with Crippen LogP contribution in [0, 0.1) is 5.92 Å². The number of benzene rings is 1. The molecule has 1 aliphatic rings. The molecular weight excluding hydrogens is 330 g/mol. The number of rotatable bonds is 2. The lowest BCUT2D eigenvalue weighted by Crippen LogP contribution is -2.24. The predicted octanol–water partition coefficient (Wildman–Crippen LogP) is 3.22. The Balaban J connectivity index is 2.08. The standard InChI is InChI=1S/C16H22BrN3O/c1-19-13-8-11(15(18)10-6-4-3-5-7-10)12(17)9-14(13)20(2)16(19)21/h8-10,15H,3-7,18H2,1-2H3. The lowest BCUT2D eigenvalue weighted by molar-refractivity contribution is 0.308. The van der Waals surface area contributed by atoms with Crippen molar-refractivity contribution in [3.05, 3.63) is 32.7 Å². The van der Waals surface area contributed by atoms with E-state index in [0.717, 1.165) is 21.1 Å². The van der Waals surface area contributed by atoms with Crippen LogP contribution in [0.2, 0.25) is 0 Å². The summed E-state index contributed by atoms with van der Waals surface area (Å²) in [5, 5.41) is 0. The smallest absolute Gasteiger partial charge is 0.324 e. The molecule has 1 unspecified atom stereocenters. The Bertz CT molecular complexity index is 725. The number of nitrogens with zero attached hydrogens (tertiary/aromatic N) is 2. The Morgan fingerprint density at radius 2 is 1.71 bits per heavy atom. The van der Waals surface area contributed by atoms with Crippen molar-refractivity contribution in [2.24, 2.45) is 25.7 Å². The van der Waals surface area contributed by atoms with Gasteiger partial charge in [-0.1, -0.05) is 35.2 Å². The molecule has 2 aromatic rings. The molecule has 0 spiro atoms. The largest absolute Gasteiger partial charge is 0.328 e. The number of hydrogen-bond acceptors (Lipinski definition) is 2. The summed E-state index contributed by atoms with van der Waals surface area (Å²) < 4.78 is 4.38. The zero-order valence-electron chi connectivity index (χ0n) is 12.6. The maximum absolute atomic E-state index is 12.1. The van der Waals surface area contributed by atoms with E-state index in [1.165, 1.54) is 32.1 Å². The maximum Gasteiger partial charge on any atom is 0.328 e. The highest BCUT2D eigenvalue weighted by Gasteiger charge is 2.24. The molecule has 1 heterocycles. The van der Waals surface area contributed by atoms with Crippen LogP contribution in [0.1, 0.15) is 43.7 Å². The van der Waals surface area contributed by atoms with Gasteiger partial charge in [0.1, 0.15) is 0 Å². The fraction of sp³-hybridized carbons (Fsp3) is 0.562. The van der Waals surface area contributed by atoms with Crippen LogP contribution in [-0.2, 0) is 14.1 Å². The van der Waals surface area contributed by atoms with Gasteiger partial charge in [0.25, 0.3) is 0 Å². The molecule has 0 aliphatic heterocycles. The lowest BCUT2D eigenvalue weighted by atomic mass is 9.81. The van der Waals surface area contributed by atoms with Crippen molar-refractivity contribution in [1.82, 2.24) is 9.13 Å². The fourth-order valence-electron chi connectivity index (χ4n) is 3.54. The van der Waals surface area contributed by atoms with E-state index in [9.17, 15) is 4.79 Å². The van der Waals surface area contributed by atoms with Crippen molar-refractivity contribution >= 4 is 27.0 Å². The molecule has 1 saturated carbocycles. The van der Waals surface area contributed by atoms with Gasteiger partial charge < -0.3 is 5.73 Å². The number of hydrogen-bond donors (Lipinski definition) is 1. The molecule has 0 amide bonds. The minimum atomic E-state index is 0.000266. The number of nitrogens with two attached hydrogens (primary N) is 1. The van der Waals surface area contributed by atoms with Gasteiger partial charge >= 0.3 is 5.69 Å². The third-order valence-electron chi connectivity index (χ3n) is 4.91. The molecule has 0 saturated heterocycles. The summed E-state index contributed by atoms with van der Waals surface area (Å²) in [6.45, 7) is 0. The van der Waals surface area contributed by atoms with E-state index in [4.69, 9.17) is 5.73 Å². The zero-order valence-corrected chi connectivity index (χ0v) is 14.2. The number of aryl methyl sites for hydroxylation is 2. The van der Waals surface area contributed by atoms with Crippen LogP contribution in [0.5, 0.6) is 0 Å². The van der Waals surface area contributed by atoms with E-state index in [-0.39, 0.29) is 11.7 Å². The van der Waals surface area contributed by atoms with Crippen LogP contribution in [0.25, 0.3) is 11.0 Å². The van der Waals surface area contributed by atoms with Crippen LogP contribution in [0.4, 0.5) is 0 Å². The van der Waals surface area contributed by atoms with Crippen molar-refractivity contribution in [3.63, 3.8) is 0 Å². The number of imidazole rings is 1. The molecule has 21 heavy (non-hydrogen) atoms. The minimum absolute atomic E-state index is 0.000266. The average molecular weight is 352 g/mol. The van der Waals surface area contributed by atoms with Gasteiger partial charge in [-0.25, -0.2) is 4.79 Å². The van der Waals surface area contributed by atoms with Crippen LogP contribution >= 0.6 is 15.9 Å². The van der Waals surface area contributed by atoms with Gasteiger partial charge in [0.2, 0.25) is 0 Å². The Labute approximate surface area is 133 Å². The van der Waals surface area contributed by atoms with E-state index in [2.05, 4.69) is 22.0 Å². The second kappa shape index (κ2) is 5.61. The first-order valence-corrected chi connectivity index (χ1v) is 8.40. The Kier molecular flexibility index (Phi) is 3.97. The average Bonchev–Trinajstić information content (AvgIpc) is 2.71. The molecule has 4 nitrogen and oxygen atoms in total. The molecule has 114 valence electrons. The third-order valence-corrected chi connectivity index (χ3v) is 5.59. The van der Waals surface area contributed by atoms with Gasteiger partial charge in [0.15, 0.2) is 0 Å². The molecule has 1 aromatic carbocycles. The Morgan fingerprint density at radius 1 is 1.14 bits per heavy atom. The van der Waals surface area contributed by atoms with Crippen LogP contribution in [-0.4, -0.2) is 9.13 Å². The van der Waals surface area contributed by atoms with E-state index in [0.29, 0.717) is 5.92 Å². The van der Waals surface area contributed by atoms with Gasteiger partial charge in [-0.3, -0.25) is 9.13 Å². The molecule has 3 rings (SSSR count). The number of fused-ring (bicyclic) bond motifs is 1. The van der Waals surface area contributed by atoms with Gasteiger partial charge in [0, 0.05) is 24.6 Å². The predicted molar refractivity (Wildman–Crippen MR) is 89.4 cm³/mol. The van der Waals surface area contributed by atoms with Crippen molar-refractivity contribution in [3.8, 4) is 0 Å². The highest BCUT2D eigenvalue weighted by molar-refractivity contribution is 9.10. The summed E-state index contributed by atoms with van der Waals surface area (Å²) in [7, 11) is 3.62. The van der Waals surface area contributed by atoms with Crippen LogP contribution in [0.3, 0.4) is 0 Å². The molecule has 0 radical (unpaired) electrons. The van der Waals surface area contributed by atoms with Gasteiger partial charge in [0.05, 0.1) is 11.0 Å². The molecular formula is C16H22BrN3O. The van der Waals surface area contributed by atoms with E-state index < -0.39 is 0 Å². The lowest BCUT2D eigenvalue weighted by Gasteiger charge is -2.28. The minimum Gasteiger partial charge on any atom is -0.324 e. The summed E-state index contributed by atoms with van der Waals surface area (Å²) in [5.41, 5.74) is 9.54. The quantitative estimate of drug-likeness (QED) is 0.902. The topological polar surface area (TPSA) is 53.0 Å². The molecule has 1 fully saturated rings. The highest BCUT2D eigenvalue weighted by Crippen LogP contribution is 2.37. The van der Waals surface area contributed by atoms with E-state index >= 15 is 0 Å². The first kappa shape index (κ1) is 14.9. The second-order valence-electron chi connectivity index (χ2n) is 6.19. The molecule has 0 bridgehead atoms. The summed E-state index contributed by atoms with van der Waals surface area (Å²) in [5.74, 6) is 0.549. The first-order valence-electron chi connectivity index (χ1n) is 7.61. The highest BCUT2D eigenvalue weighted by atomic mass is 79.9. The molecule has 2 N–H and O–H groups in total. The monoisotopic (exact) mass is 351 g/mol. The summed E-state index contributed by atoms with van der Waals surface area (Å²) in [4.78, 5) is 12.1. The Morgan fingerprint density at radius 3 is 2.33 bits per heavy atom. The van der Waals surface area contributed by atoms with Gasteiger partial charge in [-0.05, 0) is 36.5 Å². The molecule has 1 aliphatic carbocycles. The van der Waals surface area contributed by atoms with Gasteiger partial charge in [-0.2, -0.15) is 0 Å². The normalized spacial score (nSPS) is 18.3. The summed E-state index contributed by atoms with van der Waals surface area (Å²) >= 11 is 3.65. The van der Waals surface area contributed by atoms with Crippen molar-refractivity contribution in [2.75, 3.05) is 0 Å². The molecule has 5 heteroatoms. The molecule has 1 atom stereocenters. The number of aromatic nitrogens is 2. The van der Waals surface area contributed by atoms with E-state index in [1.807, 2.05) is 13.1 Å². The maximum atomic E-state index is 12.1. The van der Waals surface area contributed by atoms with Crippen molar-refractivity contribution < 1.29 is 0 Å². The third kappa shape index (κ3) is 2.46. The SMILES string of the molecule is Cn1c(=O)n(C)c2cc(C(N)C3CCCCC3)c(Br)cc21.